The van der Waals surface area contributed by atoms with Gasteiger partial charge in [-0.3, -0.25) is 9.59 Å². The summed E-state index contributed by atoms with van der Waals surface area (Å²) in [7, 11) is 0. The monoisotopic (exact) mass is 464 g/mol. The van der Waals surface area contributed by atoms with Gasteiger partial charge in [0, 0.05) is 22.2 Å². The van der Waals surface area contributed by atoms with E-state index in [0.717, 1.165) is 27.1 Å². The molecule has 2 aromatic rings. The first kappa shape index (κ1) is 18.7. The summed E-state index contributed by atoms with van der Waals surface area (Å²) in [6, 6.07) is 15.1. The van der Waals surface area contributed by atoms with E-state index in [2.05, 4.69) is 34.8 Å². The molecule has 5 nitrogen and oxygen atoms in total. The second-order valence-electron chi connectivity index (χ2n) is 6.22. The van der Waals surface area contributed by atoms with Gasteiger partial charge in [0.1, 0.15) is 5.75 Å². The molecule has 0 aromatic heterocycles. The van der Waals surface area contributed by atoms with E-state index >= 15 is 0 Å². The van der Waals surface area contributed by atoms with Crippen LogP contribution < -0.4 is 15.0 Å². The minimum Gasteiger partial charge on any atom is -0.494 e. The fourth-order valence-electron chi connectivity index (χ4n) is 2.87. The highest BCUT2D eigenvalue weighted by atomic mass is 127. The molecule has 0 unspecified atom stereocenters. The largest absolute Gasteiger partial charge is 0.494 e. The van der Waals surface area contributed by atoms with E-state index in [0.29, 0.717) is 13.2 Å². The average Bonchev–Trinajstić information content (AvgIpc) is 3.04. The van der Waals surface area contributed by atoms with Gasteiger partial charge in [0.25, 0.3) is 0 Å². The van der Waals surface area contributed by atoms with Crippen molar-refractivity contribution in [3.8, 4) is 5.75 Å². The van der Waals surface area contributed by atoms with Gasteiger partial charge in [0.05, 0.1) is 18.2 Å². The number of anilines is 2. The number of benzene rings is 2. The fourth-order valence-corrected chi connectivity index (χ4v) is 3.39. The molecule has 0 bridgehead atoms. The van der Waals surface area contributed by atoms with E-state index in [1.165, 1.54) is 0 Å². The molecule has 1 aliphatic rings. The molecule has 136 valence electrons. The Balaban J connectivity index is 1.64. The maximum Gasteiger partial charge on any atom is 0.229 e. The third-order valence-corrected chi connectivity index (χ3v) is 5.19. The van der Waals surface area contributed by atoms with Gasteiger partial charge in [-0.05, 0) is 65.4 Å². The molecule has 2 amide bonds. The van der Waals surface area contributed by atoms with Crippen LogP contribution in [-0.4, -0.2) is 25.0 Å². The lowest BCUT2D eigenvalue weighted by atomic mass is 10.1. The number of carbonyl (C=O) groups is 2. The van der Waals surface area contributed by atoms with Crippen molar-refractivity contribution >= 4 is 45.8 Å². The van der Waals surface area contributed by atoms with E-state index in [9.17, 15) is 9.59 Å². The molecule has 3 rings (SSSR count). The topological polar surface area (TPSA) is 58.6 Å². The number of ether oxygens (including phenoxy) is 1. The maximum atomic E-state index is 12.5. The van der Waals surface area contributed by atoms with Crippen molar-refractivity contribution in [1.29, 1.82) is 0 Å². The molecular weight excluding hydrogens is 443 g/mol. The number of rotatable bonds is 6. The van der Waals surface area contributed by atoms with E-state index in [1.54, 1.807) is 4.90 Å². The first-order valence-corrected chi connectivity index (χ1v) is 9.75. The van der Waals surface area contributed by atoms with Gasteiger partial charge in [-0.15, -0.1) is 0 Å². The standard InChI is InChI=1S/C20H21IN2O3/c1-2-11-26-16-9-7-15(8-10-16)23-13-14(12-19(23)24)20(25)22-18-6-4-3-5-17(18)21/h3-10,14H,2,11-13H2,1H3,(H,22,25)/t14-/m0/s1. The van der Waals surface area contributed by atoms with Crippen LogP contribution in [0.2, 0.25) is 0 Å². The molecule has 1 fully saturated rings. The number of halogens is 1. The van der Waals surface area contributed by atoms with E-state index < -0.39 is 0 Å². The minimum atomic E-state index is -0.352. The zero-order valence-electron chi connectivity index (χ0n) is 14.6. The second kappa shape index (κ2) is 8.53. The smallest absolute Gasteiger partial charge is 0.229 e. The van der Waals surface area contributed by atoms with Crippen molar-refractivity contribution in [3.63, 3.8) is 0 Å². The van der Waals surface area contributed by atoms with Crippen LogP contribution in [0.4, 0.5) is 11.4 Å². The summed E-state index contributed by atoms with van der Waals surface area (Å²) in [6.07, 6.45) is 1.17. The van der Waals surface area contributed by atoms with Gasteiger partial charge in [-0.2, -0.15) is 0 Å². The Bertz CT molecular complexity index is 792. The van der Waals surface area contributed by atoms with Gasteiger partial charge in [-0.1, -0.05) is 19.1 Å². The van der Waals surface area contributed by atoms with Crippen molar-refractivity contribution in [3.05, 3.63) is 52.1 Å². The first-order valence-electron chi connectivity index (χ1n) is 8.67. The lowest BCUT2D eigenvalue weighted by molar-refractivity contribution is -0.122. The lowest BCUT2D eigenvalue weighted by Gasteiger charge is -2.17. The van der Waals surface area contributed by atoms with Crippen molar-refractivity contribution in [2.75, 3.05) is 23.4 Å². The molecule has 6 heteroatoms. The Labute approximate surface area is 166 Å². The zero-order chi connectivity index (χ0) is 18.5. The summed E-state index contributed by atoms with van der Waals surface area (Å²) in [5.41, 5.74) is 1.57. The number of nitrogens with one attached hydrogen (secondary N) is 1. The van der Waals surface area contributed by atoms with Crippen molar-refractivity contribution < 1.29 is 14.3 Å². The average molecular weight is 464 g/mol. The van der Waals surface area contributed by atoms with E-state index in [1.807, 2.05) is 48.5 Å². The molecule has 0 radical (unpaired) electrons. The summed E-state index contributed by atoms with van der Waals surface area (Å²) in [5, 5.41) is 2.93. The van der Waals surface area contributed by atoms with Gasteiger partial charge in [0.15, 0.2) is 0 Å². The molecule has 1 saturated heterocycles. The lowest BCUT2D eigenvalue weighted by Crippen LogP contribution is -2.28. The van der Waals surface area contributed by atoms with Crippen LogP contribution in [0.15, 0.2) is 48.5 Å². The van der Waals surface area contributed by atoms with Crippen LogP contribution in [-0.2, 0) is 9.59 Å². The third-order valence-electron chi connectivity index (χ3n) is 4.25. The van der Waals surface area contributed by atoms with Crippen molar-refractivity contribution in [1.82, 2.24) is 0 Å². The van der Waals surface area contributed by atoms with Gasteiger partial charge >= 0.3 is 0 Å². The number of nitrogens with zero attached hydrogens (tertiary/aromatic N) is 1. The molecule has 0 aliphatic carbocycles. The number of amides is 2. The van der Waals surface area contributed by atoms with Crippen LogP contribution in [0.1, 0.15) is 19.8 Å². The Kier molecular flexibility index (Phi) is 6.13. The highest BCUT2D eigenvalue weighted by molar-refractivity contribution is 14.1. The van der Waals surface area contributed by atoms with Crippen LogP contribution >= 0.6 is 22.6 Å². The zero-order valence-corrected chi connectivity index (χ0v) is 16.7. The van der Waals surface area contributed by atoms with E-state index in [4.69, 9.17) is 4.74 Å². The fraction of sp³-hybridized carbons (Fsp3) is 0.300. The second-order valence-corrected chi connectivity index (χ2v) is 7.38. The summed E-state index contributed by atoms with van der Waals surface area (Å²) < 4.78 is 6.54. The quantitative estimate of drug-likeness (QED) is 0.656. The highest BCUT2D eigenvalue weighted by Gasteiger charge is 2.35. The van der Waals surface area contributed by atoms with Crippen molar-refractivity contribution in [2.45, 2.75) is 19.8 Å². The first-order chi connectivity index (χ1) is 12.6. The molecule has 1 N–H and O–H groups in total. The van der Waals surface area contributed by atoms with Gasteiger partial charge < -0.3 is 15.0 Å². The molecule has 26 heavy (non-hydrogen) atoms. The molecule has 1 aliphatic heterocycles. The Hall–Kier alpha value is -2.09. The molecule has 1 heterocycles. The highest BCUT2D eigenvalue weighted by Crippen LogP contribution is 2.28. The van der Waals surface area contributed by atoms with E-state index in [-0.39, 0.29) is 24.2 Å². The molecule has 2 aromatic carbocycles. The van der Waals surface area contributed by atoms with Gasteiger partial charge in [0.2, 0.25) is 11.8 Å². The Morgan fingerprint density at radius 3 is 2.65 bits per heavy atom. The summed E-state index contributed by atoms with van der Waals surface area (Å²) in [6.45, 7) is 3.12. The number of carbonyl (C=O) groups excluding carboxylic acids is 2. The molecule has 0 spiro atoms. The van der Waals surface area contributed by atoms with Crippen LogP contribution in [0.3, 0.4) is 0 Å². The third kappa shape index (κ3) is 4.35. The summed E-state index contributed by atoms with van der Waals surface area (Å²) in [5.74, 6) is 0.285. The molecular formula is C20H21IN2O3. The maximum absolute atomic E-state index is 12.5. The van der Waals surface area contributed by atoms with Crippen molar-refractivity contribution in [2.24, 2.45) is 5.92 Å². The summed E-state index contributed by atoms with van der Waals surface area (Å²) in [4.78, 5) is 26.6. The molecule has 0 saturated carbocycles. The Morgan fingerprint density at radius 1 is 1.23 bits per heavy atom. The minimum absolute atomic E-state index is 0.0323. The number of para-hydroxylation sites is 1. The number of hydrogen-bond acceptors (Lipinski definition) is 3. The van der Waals surface area contributed by atoms with Crippen LogP contribution in [0, 0.1) is 9.49 Å². The summed E-state index contributed by atoms with van der Waals surface area (Å²) >= 11 is 2.18. The Morgan fingerprint density at radius 2 is 1.96 bits per heavy atom. The SMILES string of the molecule is CCCOc1ccc(N2C[C@@H](C(=O)Nc3ccccc3I)CC2=O)cc1. The van der Waals surface area contributed by atoms with Gasteiger partial charge in [-0.25, -0.2) is 0 Å². The predicted octanol–water partition coefficient (Wildman–Crippen LogP) is 4.07. The molecule has 1 atom stereocenters. The number of hydrogen-bond donors (Lipinski definition) is 1. The van der Waals surface area contributed by atoms with Crippen LogP contribution in [0.5, 0.6) is 5.75 Å². The van der Waals surface area contributed by atoms with Crippen LogP contribution in [0.25, 0.3) is 0 Å². The normalized spacial score (nSPS) is 16.6. The predicted molar refractivity (Wildman–Crippen MR) is 110 cm³/mol.